The highest BCUT2D eigenvalue weighted by molar-refractivity contribution is 6.21. The van der Waals surface area contributed by atoms with Crippen molar-refractivity contribution in [3.05, 3.63) is 29.8 Å². The molecule has 0 bridgehead atoms. The van der Waals surface area contributed by atoms with Crippen molar-refractivity contribution in [2.45, 2.75) is 45.4 Å². The lowest BCUT2D eigenvalue weighted by atomic mass is 9.89. The molecule has 1 heterocycles. The smallest absolute Gasteiger partial charge is 0.235 e. The molecule has 0 radical (unpaired) electrons. The van der Waals surface area contributed by atoms with Crippen molar-refractivity contribution >= 4 is 23.3 Å². The highest BCUT2D eigenvalue weighted by Crippen LogP contribution is 2.26. The van der Waals surface area contributed by atoms with Crippen LogP contribution in [-0.4, -0.2) is 24.1 Å². The maximum absolute atomic E-state index is 12.4. The first-order valence-corrected chi connectivity index (χ1v) is 8.34. The van der Waals surface area contributed by atoms with Crippen LogP contribution in [0, 0.1) is 5.92 Å². The zero-order chi connectivity index (χ0) is 16.7. The molecule has 5 heteroatoms. The van der Waals surface area contributed by atoms with Crippen LogP contribution in [0.4, 0.5) is 5.69 Å². The molecule has 1 aromatic rings. The number of hydrogen-bond donors (Lipinski definition) is 2. The third-order valence-electron chi connectivity index (χ3n) is 4.08. The van der Waals surface area contributed by atoms with Crippen LogP contribution < -0.4 is 10.6 Å². The first-order valence-electron chi connectivity index (χ1n) is 8.34. The van der Waals surface area contributed by atoms with Crippen LogP contribution in [0.15, 0.2) is 24.3 Å². The fourth-order valence-corrected chi connectivity index (χ4v) is 2.73. The fraction of sp³-hybridized carbons (Fsp3) is 0.500. The zero-order valence-corrected chi connectivity index (χ0v) is 13.6. The number of Topliss-reactive ketones (excluding diaryl/α,β-unsaturated/α-hetero) is 1. The van der Waals surface area contributed by atoms with Crippen LogP contribution >= 0.6 is 0 Å². The minimum absolute atomic E-state index is 0.0893. The van der Waals surface area contributed by atoms with Gasteiger partial charge in [0.05, 0.1) is 5.69 Å². The molecule has 124 valence electrons. The standard InChI is InChI=1S/C18H24N2O3/c1-2-3-4-5-8-11-19-16(21)12-14-17(22)13-9-6-7-10-15(13)20-18(14)23/h6-7,9-10,14H,2-5,8,11-12H2,1H3,(H,19,21)(H,20,23). The number of anilines is 1. The number of fused-ring (bicyclic) bond motifs is 1. The molecule has 1 aromatic carbocycles. The number of benzene rings is 1. The molecule has 0 fully saturated rings. The Morgan fingerprint density at radius 3 is 2.65 bits per heavy atom. The van der Waals surface area contributed by atoms with E-state index in [0.717, 1.165) is 12.8 Å². The van der Waals surface area contributed by atoms with Crippen LogP contribution in [0.3, 0.4) is 0 Å². The molecule has 2 amide bonds. The summed E-state index contributed by atoms with van der Waals surface area (Å²) in [4.78, 5) is 36.4. The Morgan fingerprint density at radius 1 is 1.13 bits per heavy atom. The normalized spacial score (nSPS) is 16.7. The van der Waals surface area contributed by atoms with E-state index in [1.165, 1.54) is 19.3 Å². The van der Waals surface area contributed by atoms with Crippen molar-refractivity contribution < 1.29 is 14.4 Å². The van der Waals surface area contributed by atoms with E-state index in [4.69, 9.17) is 0 Å². The Balaban J connectivity index is 1.82. The minimum Gasteiger partial charge on any atom is -0.356 e. The van der Waals surface area contributed by atoms with Crippen molar-refractivity contribution in [1.29, 1.82) is 0 Å². The molecule has 1 atom stereocenters. The SMILES string of the molecule is CCCCCCCNC(=O)CC1C(=O)Nc2ccccc2C1=O. The van der Waals surface area contributed by atoms with Crippen molar-refractivity contribution in [1.82, 2.24) is 5.32 Å². The molecule has 0 spiro atoms. The number of carbonyl (C=O) groups is 3. The van der Waals surface area contributed by atoms with Crippen LogP contribution in [0.2, 0.25) is 0 Å². The number of amides is 2. The number of rotatable bonds is 8. The van der Waals surface area contributed by atoms with E-state index in [-0.39, 0.29) is 18.1 Å². The van der Waals surface area contributed by atoms with E-state index >= 15 is 0 Å². The van der Waals surface area contributed by atoms with Crippen LogP contribution in [-0.2, 0) is 9.59 Å². The third-order valence-corrected chi connectivity index (χ3v) is 4.08. The molecule has 23 heavy (non-hydrogen) atoms. The predicted molar refractivity (Wildman–Crippen MR) is 89.3 cm³/mol. The molecule has 5 nitrogen and oxygen atoms in total. The second-order valence-electron chi connectivity index (χ2n) is 5.92. The van der Waals surface area contributed by atoms with Gasteiger partial charge in [0.25, 0.3) is 0 Å². The van der Waals surface area contributed by atoms with Gasteiger partial charge < -0.3 is 10.6 Å². The second-order valence-corrected chi connectivity index (χ2v) is 5.92. The Morgan fingerprint density at radius 2 is 1.87 bits per heavy atom. The summed E-state index contributed by atoms with van der Waals surface area (Å²) in [6.45, 7) is 2.76. The predicted octanol–water partition coefficient (Wildman–Crippen LogP) is 2.91. The van der Waals surface area contributed by atoms with E-state index < -0.39 is 11.8 Å². The Hall–Kier alpha value is -2.17. The van der Waals surface area contributed by atoms with Crippen molar-refractivity contribution in [3.8, 4) is 0 Å². The molecule has 0 aromatic heterocycles. The average molecular weight is 316 g/mol. The highest BCUT2D eigenvalue weighted by Gasteiger charge is 2.35. The topological polar surface area (TPSA) is 75.3 Å². The molecule has 1 aliphatic heterocycles. The quantitative estimate of drug-likeness (QED) is 0.572. The van der Waals surface area contributed by atoms with Gasteiger partial charge in [-0.1, -0.05) is 44.7 Å². The molecule has 1 aliphatic rings. The molecule has 2 rings (SSSR count). The van der Waals surface area contributed by atoms with Gasteiger partial charge in [0.15, 0.2) is 5.78 Å². The molecule has 2 N–H and O–H groups in total. The number of carbonyl (C=O) groups excluding carboxylic acids is 3. The lowest BCUT2D eigenvalue weighted by Gasteiger charge is -2.22. The summed E-state index contributed by atoms with van der Waals surface area (Å²) in [5.41, 5.74) is 1.000. The van der Waals surface area contributed by atoms with Gasteiger partial charge in [-0.05, 0) is 18.6 Å². The van der Waals surface area contributed by atoms with Crippen LogP contribution in [0.25, 0.3) is 0 Å². The Bertz CT molecular complexity index is 583. The van der Waals surface area contributed by atoms with Gasteiger partial charge in [-0.25, -0.2) is 0 Å². The van der Waals surface area contributed by atoms with Crippen LogP contribution in [0.1, 0.15) is 55.8 Å². The van der Waals surface area contributed by atoms with Gasteiger partial charge >= 0.3 is 0 Å². The molecule has 0 saturated heterocycles. The van der Waals surface area contributed by atoms with Crippen LogP contribution in [0.5, 0.6) is 0 Å². The summed E-state index contributed by atoms with van der Waals surface area (Å²) in [6.07, 6.45) is 5.50. The lowest BCUT2D eigenvalue weighted by Crippen LogP contribution is -2.39. The van der Waals surface area contributed by atoms with E-state index in [0.29, 0.717) is 17.8 Å². The second kappa shape index (κ2) is 8.46. The number of ketones is 1. The average Bonchev–Trinajstić information content (AvgIpc) is 2.55. The highest BCUT2D eigenvalue weighted by atomic mass is 16.2. The maximum Gasteiger partial charge on any atom is 0.235 e. The summed E-state index contributed by atoms with van der Waals surface area (Å²) in [7, 11) is 0. The summed E-state index contributed by atoms with van der Waals surface area (Å²) < 4.78 is 0. The van der Waals surface area contributed by atoms with Crippen molar-refractivity contribution in [2.75, 3.05) is 11.9 Å². The van der Waals surface area contributed by atoms with Crippen molar-refractivity contribution in [3.63, 3.8) is 0 Å². The monoisotopic (exact) mass is 316 g/mol. The van der Waals surface area contributed by atoms with Gasteiger partial charge in [-0.15, -0.1) is 0 Å². The van der Waals surface area contributed by atoms with Gasteiger partial charge in [0.1, 0.15) is 5.92 Å². The molecular weight excluding hydrogens is 292 g/mol. The molecular formula is C18H24N2O3. The summed E-state index contributed by atoms with van der Waals surface area (Å²) >= 11 is 0. The first kappa shape index (κ1) is 17.2. The van der Waals surface area contributed by atoms with Gasteiger partial charge in [0, 0.05) is 18.5 Å². The molecule has 0 saturated carbocycles. The van der Waals surface area contributed by atoms with Gasteiger partial charge in [-0.2, -0.15) is 0 Å². The Labute approximate surface area is 136 Å². The summed E-state index contributed by atoms with van der Waals surface area (Å²) in [5.74, 6) is -1.84. The molecule has 1 unspecified atom stereocenters. The van der Waals surface area contributed by atoms with E-state index in [2.05, 4.69) is 17.6 Å². The lowest BCUT2D eigenvalue weighted by molar-refractivity contribution is -0.126. The first-order chi connectivity index (χ1) is 11.1. The molecule has 0 aliphatic carbocycles. The Kier molecular flexibility index (Phi) is 6.32. The fourth-order valence-electron chi connectivity index (χ4n) is 2.73. The number of nitrogens with one attached hydrogen (secondary N) is 2. The third kappa shape index (κ3) is 4.65. The largest absolute Gasteiger partial charge is 0.356 e. The maximum atomic E-state index is 12.4. The van der Waals surface area contributed by atoms with E-state index in [1.54, 1.807) is 24.3 Å². The van der Waals surface area contributed by atoms with E-state index in [1.807, 2.05) is 0 Å². The van der Waals surface area contributed by atoms with Crippen molar-refractivity contribution in [2.24, 2.45) is 5.92 Å². The summed E-state index contributed by atoms with van der Waals surface area (Å²) in [6, 6.07) is 6.88. The number of hydrogen-bond acceptors (Lipinski definition) is 3. The van der Waals surface area contributed by atoms with Gasteiger partial charge in [-0.3, -0.25) is 14.4 Å². The zero-order valence-electron chi connectivity index (χ0n) is 13.6. The van der Waals surface area contributed by atoms with Gasteiger partial charge in [0.2, 0.25) is 11.8 Å². The number of unbranched alkanes of at least 4 members (excludes halogenated alkanes) is 4. The number of para-hydroxylation sites is 1. The van der Waals surface area contributed by atoms with E-state index in [9.17, 15) is 14.4 Å². The minimum atomic E-state index is -0.926. The summed E-state index contributed by atoms with van der Waals surface area (Å²) in [5, 5.41) is 5.50.